The molecule has 5 rings (SSSR count). The van der Waals surface area contributed by atoms with E-state index in [4.69, 9.17) is 9.47 Å². The van der Waals surface area contributed by atoms with Gasteiger partial charge in [0.2, 0.25) is 0 Å². The average molecular weight is 380 g/mol. The van der Waals surface area contributed by atoms with Gasteiger partial charge in [-0.2, -0.15) is 0 Å². The topological polar surface area (TPSA) is 67.8 Å². The van der Waals surface area contributed by atoms with E-state index in [0.29, 0.717) is 44.8 Å². The molecule has 1 aromatic carbocycles. The summed E-state index contributed by atoms with van der Waals surface area (Å²) in [6, 6.07) is 8.50. The molecule has 4 heterocycles. The van der Waals surface area contributed by atoms with Crippen molar-refractivity contribution in [1.29, 1.82) is 0 Å². The summed E-state index contributed by atoms with van der Waals surface area (Å²) in [6.45, 7) is 4.25. The number of anilines is 1. The van der Waals surface area contributed by atoms with Crippen LogP contribution in [0, 0.1) is 0 Å². The lowest BCUT2D eigenvalue weighted by Gasteiger charge is -2.37. The summed E-state index contributed by atoms with van der Waals surface area (Å²) in [5.41, 5.74) is 3.12. The molecule has 3 aliphatic rings. The molecule has 28 heavy (non-hydrogen) atoms. The molecule has 3 aliphatic heterocycles. The van der Waals surface area contributed by atoms with Crippen LogP contribution >= 0.6 is 0 Å². The zero-order valence-electron chi connectivity index (χ0n) is 15.8. The first kappa shape index (κ1) is 17.6. The molecule has 1 spiro atoms. The van der Waals surface area contributed by atoms with Gasteiger partial charge in [0.15, 0.2) is 5.79 Å². The molecule has 0 N–H and O–H groups in total. The number of hydrogen-bond donors (Lipinski definition) is 0. The van der Waals surface area contributed by atoms with Crippen LogP contribution in [0.1, 0.15) is 34.5 Å². The third-order valence-corrected chi connectivity index (χ3v) is 5.94. The Morgan fingerprint density at radius 1 is 0.964 bits per heavy atom. The Kier molecular flexibility index (Phi) is 4.49. The van der Waals surface area contributed by atoms with Crippen molar-refractivity contribution in [2.24, 2.45) is 0 Å². The van der Waals surface area contributed by atoms with E-state index in [0.717, 1.165) is 25.3 Å². The molecule has 0 unspecified atom stereocenters. The van der Waals surface area contributed by atoms with E-state index >= 15 is 0 Å². The summed E-state index contributed by atoms with van der Waals surface area (Å²) in [6.07, 6.45) is 5.73. The number of likely N-dealkylation sites (tertiary alicyclic amines) is 1. The van der Waals surface area contributed by atoms with Crippen molar-refractivity contribution in [1.82, 2.24) is 14.9 Å². The number of fused-ring (bicyclic) bond motifs is 1. The molecule has 2 saturated heterocycles. The Labute approximate surface area is 164 Å². The highest BCUT2D eigenvalue weighted by molar-refractivity contribution is 5.92. The van der Waals surface area contributed by atoms with Crippen molar-refractivity contribution in [3.63, 3.8) is 0 Å². The summed E-state index contributed by atoms with van der Waals surface area (Å²) in [7, 11) is 0. The Bertz CT molecular complexity index is 854. The Morgan fingerprint density at radius 3 is 2.43 bits per heavy atom. The molecule has 1 amide bonds. The van der Waals surface area contributed by atoms with Crippen LogP contribution in [0.5, 0.6) is 0 Å². The van der Waals surface area contributed by atoms with E-state index < -0.39 is 5.79 Å². The lowest BCUT2D eigenvalue weighted by atomic mass is 10.0. The zero-order valence-corrected chi connectivity index (χ0v) is 15.8. The normalized spacial score (nSPS) is 21.0. The number of carbonyl (C=O) groups excluding carboxylic acids is 1. The summed E-state index contributed by atoms with van der Waals surface area (Å²) in [4.78, 5) is 25.8. The number of benzene rings is 1. The molecule has 2 aromatic rings. The Balaban J connectivity index is 1.24. The van der Waals surface area contributed by atoms with Gasteiger partial charge in [-0.05, 0) is 17.5 Å². The molecule has 0 aliphatic carbocycles. The number of carbonyl (C=O) groups is 1. The number of amides is 1. The average Bonchev–Trinajstić information content (AvgIpc) is 3.21. The number of rotatable bonds is 2. The lowest BCUT2D eigenvalue weighted by Crippen LogP contribution is -2.47. The molecule has 1 aromatic heterocycles. The number of ether oxygens (including phenoxy) is 2. The van der Waals surface area contributed by atoms with E-state index in [1.807, 2.05) is 4.90 Å². The van der Waals surface area contributed by atoms with Gasteiger partial charge < -0.3 is 19.3 Å². The van der Waals surface area contributed by atoms with Crippen LogP contribution in [0.4, 0.5) is 5.82 Å². The minimum Gasteiger partial charge on any atom is -0.351 e. The van der Waals surface area contributed by atoms with Crippen LogP contribution < -0.4 is 4.90 Å². The largest absolute Gasteiger partial charge is 0.351 e. The second-order valence-electron chi connectivity index (χ2n) is 7.60. The number of aromatic nitrogens is 2. The smallest absolute Gasteiger partial charge is 0.274 e. The molecule has 0 radical (unpaired) electrons. The molecule has 0 saturated carbocycles. The monoisotopic (exact) mass is 380 g/mol. The van der Waals surface area contributed by atoms with Crippen molar-refractivity contribution in [3.05, 3.63) is 53.5 Å². The molecule has 0 bridgehead atoms. The van der Waals surface area contributed by atoms with E-state index in [2.05, 4.69) is 39.1 Å². The van der Waals surface area contributed by atoms with E-state index in [1.54, 1.807) is 12.4 Å². The summed E-state index contributed by atoms with van der Waals surface area (Å²) in [5, 5.41) is 0. The predicted molar refractivity (Wildman–Crippen MR) is 103 cm³/mol. The summed E-state index contributed by atoms with van der Waals surface area (Å²) < 4.78 is 11.5. The molecular weight excluding hydrogens is 356 g/mol. The first-order valence-corrected chi connectivity index (χ1v) is 9.93. The van der Waals surface area contributed by atoms with E-state index in [9.17, 15) is 4.79 Å². The first-order chi connectivity index (χ1) is 13.7. The molecule has 7 heteroatoms. The highest BCUT2D eigenvalue weighted by atomic mass is 16.7. The first-order valence-electron chi connectivity index (χ1n) is 9.93. The number of hydrogen-bond acceptors (Lipinski definition) is 6. The summed E-state index contributed by atoms with van der Waals surface area (Å²) >= 11 is 0. The number of piperidine rings is 1. The van der Waals surface area contributed by atoms with Gasteiger partial charge in [0.25, 0.3) is 5.91 Å². The maximum atomic E-state index is 12.8. The molecular formula is C21H24N4O3. The predicted octanol–water partition coefficient (Wildman–Crippen LogP) is 2.02. The van der Waals surface area contributed by atoms with Gasteiger partial charge in [0, 0.05) is 39.0 Å². The van der Waals surface area contributed by atoms with E-state index in [1.165, 1.54) is 11.1 Å². The third kappa shape index (κ3) is 3.25. The van der Waals surface area contributed by atoms with Crippen LogP contribution in [0.25, 0.3) is 0 Å². The SMILES string of the molecule is O=C(c1cnc(N2CCc3ccccc3C2)cn1)N1CCC2(CC1)OCCO2. The lowest BCUT2D eigenvalue weighted by molar-refractivity contribution is -0.181. The van der Waals surface area contributed by atoms with Crippen LogP contribution in [0.2, 0.25) is 0 Å². The van der Waals surface area contributed by atoms with Crippen molar-refractivity contribution >= 4 is 11.7 Å². The minimum absolute atomic E-state index is 0.0733. The second-order valence-corrected chi connectivity index (χ2v) is 7.60. The fraction of sp³-hybridized carbons (Fsp3) is 0.476. The Morgan fingerprint density at radius 2 is 1.71 bits per heavy atom. The van der Waals surface area contributed by atoms with Crippen LogP contribution in [0.3, 0.4) is 0 Å². The van der Waals surface area contributed by atoms with Gasteiger partial charge in [0.05, 0.1) is 25.6 Å². The van der Waals surface area contributed by atoms with Crippen LogP contribution in [-0.4, -0.2) is 59.4 Å². The Hall–Kier alpha value is -2.51. The maximum Gasteiger partial charge on any atom is 0.274 e. The highest BCUT2D eigenvalue weighted by Crippen LogP contribution is 2.31. The van der Waals surface area contributed by atoms with Crippen molar-refractivity contribution in [3.8, 4) is 0 Å². The fourth-order valence-corrected chi connectivity index (χ4v) is 4.28. The molecule has 7 nitrogen and oxygen atoms in total. The maximum absolute atomic E-state index is 12.8. The standard InChI is InChI=1S/C21H24N4O3/c26-20(24-9-6-21(7-10-24)27-11-12-28-21)18-13-23-19(14-22-18)25-8-5-16-3-1-2-4-17(16)15-25/h1-4,13-14H,5-12,15H2. The fourth-order valence-electron chi connectivity index (χ4n) is 4.28. The van der Waals surface area contributed by atoms with Crippen LogP contribution in [0.15, 0.2) is 36.7 Å². The highest BCUT2D eigenvalue weighted by Gasteiger charge is 2.41. The van der Waals surface area contributed by atoms with Gasteiger partial charge in [-0.1, -0.05) is 24.3 Å². The van der Waals surface area contributed by atoms with Crippen molar-refractivity contribution in [2.45, 2.75) is 31.6 Å². The molecule has 0 atom stereocenters. The van der Waals surface area contributed by atoms with Gasteiger partial charge in [-0.15, -0.1) is 0 Å². The van der Waals surface area contributed by atoms with Gasteiger partial charge in [-0.25, -0.2) is 9.97 Å². The van der Waals surface area contributed by atoms with Gasteiger partial charge in [-0.3, -0.25) is 4.79 Å². The van der Waals surface area contributed by atoms with Crippen LogP contribution in [-0.2, 0) is 22.4 Å². The quantitative estimate of drug-likeness (QED) is 0.794. The van der Waals surface area contributed by atoms with Crippen molar-refractivity contribution in [2.75, 3.05) is 37.7 Å². The number of nitrogens with zero attached hydrogens (tertiary/aromatic N) is 4. The molecule has 2 fully saturated rings. The van der Waals surface area contributed by atoms with Crippen molar-refractivity contribution < 1.29 is 14.3 Å². The minimum atomic E-state index is -0.475. The third-order valence-electron chi connectivity index (χ3n) is 5.94. The van der Waals surface area contributed by atoms with E-state index in [-0.39, 0.29) is 5.91 Å². The molecule has 146 valence electrons. The second kappa shape index (κ2) is 7.14. The summed E-state index contributed by atoms with van der Waals surface area (Å²) in [5.74, 6) is 0.268. The zero-order chi connectivity index (χ0) is 19.0. The van der Waals surface area contributed by atoms with Gasteiger partial charge in [0.1, 0.15) is 11.5 Å². The van der Waals surface area contributed by atoms with Gasteiger partial charge >= 0.3 is 0 Å².